The number of hydrogen-bond acceptors (Lipinski definition) is 3. The number of carbonyl (C=O) groups excluding carboxylic acids is 2. The number of aromatic hydroxyl groups is 1. The van der Waals surface area contributed by atoms with Crippen LogP contribution in [0.1, 0.15) is 11.1 Å². The van der Waals surface area contributed by atoms with Crippen molar-refractivity contribution in [2.24, 2.45) is 0 Å². The summed E-state index contributed by atoms with van der Waals surface area (Å²) in [5.41, 5.74) is 1.83. The molecule has 3 N–H and O–H groups in total. The van der Waals surface area contributed by atoms with E-state index in [-0.39, 0.29) is 11.6 Å². The van der Waals surface area contributed by atoms with Crippen LogP contribution in [0.15, 0.2) is 48.5 Å². The lowest BCUT2D eigenvalue weighted by Crippen LogP contribution is -2.41. The Morgan fingerprint density at radius 2 is 1.21 bits per heavy atom. The second-order valence-electron chi connectivity index (χ2n) is 5.30. The highest BCUT2D eigenvalue weighted by Gasteiger charge is 2.11. The van der Waals surface area contributed by atoms with Crippen molar-refractivity contribution in [2.75, 3.05) is 13.1 Å². The molecule has 126 valence electrons. The maximum absolute atomic E-state index is 12.8. The number of rotatable bonds is 6. The van der Waals surface area contributed by atoms with Gasteiger partial charge in [0.25, 0.3) is 0 Å². The van der Waals surface area contributed by atoms with E-state index in [4.69, 9.17) is 0 Å². The zero-order chi connectivity index (χ0) is 17.4. The molecule has 2 rings (SSSR count). The van der Waals surface area contributed by atoms with Gasteiger partial charge in [-0.2, -0.15) is 0 Å². The Morgan fingerprint density at radius 1 is 0.792 bits per heavy atom. The summed E-state index contributed by atoms with van der Waals surface area (Å²) in [5, 5.41) is 14.2. The second-order valence-corrected chi connectivity index (χ2v) is 5.30. The molecule has 0 saturated carbocycles. The van der Waals surface area contributed by atoms with Gasteiger partial charge in [0.1, 0.15) is 11.6 Å². The lowest BCUT2D eigenvalue weighted by Gasteiger charge is -2.07. The van der Waals surface area contributed by atoms with Crippen LogP contribution >= 0.6 is 0 Å². The molecule has 2 aromatic rings. The van der Waals surface area contributed by atoms with Gasteiger partial charge in [-0.05, 0) is 48.2 Å². The molecule has 0 atom stereocenters. The lowest BCUT2D eigenvalue weighted by molar-refractivity contribution is -0.139. The third kappa shape index (κ3) is 5.72. The monoisotopic (exact) mass is 330 g/mol. The molecular formula is C18H19FN2O3. The van der Waals surface area contributed by atoms with Gasteiger partial charge in [0, 0.05) is 13.1 Å². The first-order chi connectivity index (χ1) is 11.5. The molecule has 24 heavy (non-hydrogen) atoms. The molecule has 0 aromatic heterocycles. The number of phenolic OH excluding ortho intramolecular Hbond substituents is 1. The van der Waals surface area contributed by atoms with Crippen molar-refractivity contribution in [3.05, 3.63) is 65.5 Å². The van der Waals surface area contributed by atoms with E-state index < -0.39 is 11.8 Å². The predicted molar refractivity (Wildman–Crippen MR) is 87.9 cm³/mol. The van der Waals surface area contributed by atoms with Gasteiger partial charge in [0.2, 0.25) is 0 Å². The maximum Gasteiger partial charge on any atom is 0.309 e. The summed E-state index contributed by atoms with van der Waals surface area (Å²) in [5.74, 6) is -1.50. The molecule has 2 aromatic carbocycles. The summed E-state index contributed by atoms with van der Waals surface area (Å²) in [6.45, 7) is 0.630. The van der Waals surface area contributed by atoms with Crippen LogP contribution in [0.4, 0.5) is 4.39 Å². The number of nitrogens with one attached hydrogen (secondary N) is 2. The average molecular weight is 330 g/mol. The van der Waals surface area contributed by atoms with E-state index in [0.717, 1.165) is 11.1 Å². The Bertz CT molecular complexity index is 623. The smallest absolute Gasteiger partial charge is 0.309 e. The van der Waals surface area contributed by atoms with Gasteiger partial charge in [-0.1, -0.05) is 24.3 Å². The number of amides is 2. The van der Waals surface area contributed by atoms with Crippen molar-refractivity contribution in [3.63, 3.8) is 0 Å². The number of halogens is 1. The van der Waals surface area contributed by atoms with E-state index in [1.54, 1.807) is 36.4 Å². The van der Waals surface area contributed by atoms with Crippen molar-refractivity contribution in [1.82, 2.24) is 10.6 Å². The first kappa shape index (κ1) is 17.5. The van der Waals surface area contributed by atoms with Gasteiger partial charge < -0.3 is 15.7 Å². The number of hydrogen-bond donors (Lipinski definition) is 3. The van der Waals surface area contributed by atoms with Crippen LogP contribution in [-0.4, -0.2) is 30.0 Å². The van der Waals surface area contributed by atoms with E-state index in [2.05, 4.69) is 10.6 Å². The number of benzene rings is 2. The number of carbonyl (C=O) groups is 2. The minimum Gasteiger partial charge on any atom is -0.508 e. The van der Waals surface area contributed by atoms with Crippen molar-refractivity contribution < 1.29 is 19.1 Å². The third-order valence-corrected chi connectivity index (χ3v) is 3.45. The minimum atomic E-state index is -0.692. The van der Waals surface area contributed by atoms with Crippen LogP contribution in [0.25, 0.3) is 0 Å². The highest BCUT2D eigenvalue weighted by Crippen LogP contribution is 2.09. The SMILES string of the molecule is O=C(NCCc1ccc(O)cc1)C(=O)NCCc1ccc(F)cc1. The Kier molecular flexibility index (Phi) is 6.31. The van der Waals surface area contributed by atoms with E-state index in [0.29, 0.717) is 25.9 Å². The maximum atomic E-state index is 12.8. The van der Waals surface area contributed by atoms with E-state index in [9.17, 15) is 19.1 Å². The Morgan fingerprint density at radius 3 is 1.67 bits per heavy atom. The molecule has 0 heterocycles. The second kappa shape index (κ2) is 8.67. The highest BCUT2D eigenvalue weighted by molar-refractivity contribution is 6.35. The standard InChI is InChI=1S/C18H19FN2O3/c19-15-5-1-13(2-6-15)9-11-20-17(23)18(24)21-12-10-14-3-7-16(22)8-4-14/h1-8,22H,9-12H2,(H,20,23)(H,21,24). The molecule has 0 aliphatic carbocycles. The van der Waals surface area contributed by atoms with Gasteiger partial charge in [-0.3, -0.25) is 9.59 Å². The Hall–Kier alpha value is -2.89. The summed E-state index contributed by atoms with van der Waals surface area (Å²) in [6.07, 6.45) is 1.09. The molecule has 0 aliphatic heterocycles. The van der Waals surface area contributed by atoms with Crippen LogP contribution in [-0.2, 0) is 22.4 Å². The lowest BCUT2D eigenvalue weighted by atomic mass is 10.1. The Balaban J connectivity index is 1.65. The molecule has 2 amide bonds. The van der Waals surface area contributed by atoms with Crippen molar-refractivity contribution >= 4 is 11.8 Å². The van der Waals surface area contributed by atoms with Crippen molar-refractivity contribution in [3.8, 4) is 5.75 Å². The largest absolute Gasteiger partial charge is 0.508 e. The van der Waals surface area contributed by atoms with Gasteiger partial charge in [0.15, 0.2) is 0 Å². The number of phenols is 1. The van der Waals surface area contributed by atoms with Crippen molar-refractivity contribution in [1.29, 1.82) is 0 Å². The molecule has 0 bridgehead atoms. The molecule has 0 spiro atoms. The zero-order valence-corrected chi connectivity index (χ0v) is 13.1. The summed E-state index contributed by atoms with van der Waals surface area (Å²) < 4.78 is 12.8. The summed E-state index contributed by atoms with van der Waals surface area (Å²) in [4.78, 5) is 23.3. The highest BCUT2D eigenvalue weighted by atomic mass is 19.1. The molecule has 5 nitrogen and oxygen atoms in total. The van der Waals surface area contributed by atoms with E-state index in [1.807, 2.05) is 0 Å². The molecular weight excluding hydrogens is 311 g/mol. The fraction of sp³-hybridized carbons (Fsp3) is 0.222. The van der Waals surface area contributed by atoms with E-state index >= 15 is 0 Å². The van der Waals surface area contributed by atoms with Gasteiger partial charge in [0.05, 0.1) is 0 Å². The van der Waals surface area contributed by atoms with Gasteiger partial charge in [-0.25, -0.2) is 4.39 Å². The van der Waals surface area contributed by atoms with Crippen LogP contribution in [0.2, 0.25) is 0 Å². The quantitative estimate of drug-likeness (QED) is 0.703. The molecule has 6 heteroatoms. The summed E-state index contributed by atoms with van der Waals surface area (Å²) in [6, 6.07) is 12.6. The summed E-state index contributed by atoms with van der Waals surface area (Å²) >= 11 is 0. The van der Waals surface area contributed by atoms with E-state index in [1.165, 1.54) is 12.1 Å². The Labute approximate surface area is 139 Å². The van der Waals surface area contributed by atoms with Crippen LogP contribution in [0, 0.1) is 5.82 Å². The van der Waals surface area contributed by atoms with Gasteiger partial charge in [-0.15, -0.1) is 0 Å². The fourth-order valence-electron chi connectivity index (χ4n) is 2.11. The van der Waals surface area contributed by atoms with Crippen LogP contribution in [0.5, 0.6) is 5.75 Å². The van der Waals surface area contributed by atoms with Crippen LogP contribution in [0.3, 0.4) is 0 Å². The average Bonchev–Trinajstić information content (AvgIpc) is 2.58. The normalized spacial score (nSPS) is 10.2. The van der Waals surface area contributed by atoms with Gasteiger partial charge >= 0.3 is 11.8 Å². The topological polar surface area (TPSA) is 78.4 Å². The summed E-state index contributed by atoms with van der Waals surface area (Å²) in [7, 11) is 0. The molecule has 0 aliphatic rings. The third-order valence-electron chi connectivity index (χ3n) is 3.45. The molecule has 0 unspecified atom stereocenters. The van der Waals surface area contributed by atoms with Crippen molar-refractivity contribution in [2.45, 2.75) is 12.8 Å². The van der Waals surface area contributed by atoms with Crippen LogP contribution < -0.4 is 10.6 Å². The molecule has 0 radical (unpaired) electrons. The first-order valence-electron chi connectivity index (χ1n) is 7.63. The fourth-order valence-corrected chi connectivity index (χ4v) is 2.11. The molecule has 0 fully saturated rings. The minimum absolute atomic E-state index is 0.184. The molecule has 0 saturated heterocycles. The predicted octanol–water partition coefficient (Wildman–Crippen LogP) is 1.55. The zero-order valence-electron chi connectivity index (χ0n) is 13.1. The first-order valence-corrected chi connectivity index (χ1v) is 7.63.